The van der Waals surface area contributed by atoms with Gasteiger partial charge in [0.1, 0.15) is 11.3 Å². The van der Waals surface area contributed by atoms with Gasteiger partial charge in [-0.25, -0.2) is 4.68 Å². The third-order valence-corrected chi connectivity index (χ3v) is 3.76. The fraction of sp³-hybridized carbons (Fsp3) is 0.357. The van der Waals surface area contributed by atoms with E-state index >= 15 is 0 Å². The molecule has 2 rings (SSSR count). The first-order chi connectivity index (χ1) is 10.2. The topological polar surface area (TPSA) is 93.2 Å². The summed E-state index contributed by atoms with van der Waals surface area (Å²) in [6, 6.07) is 6.94. The van der Waals surface area contributed by atoms with Crippen LogP contribution in [0.4, 0.5) is 11.5 Å². The summed E-state index contributed by atoms with van der Waals surface area (Å²) in [6.45, 7) is 3.21. The average Bonchev–Trinajstić information content (AvgIpc) is 2.71. The third-order valence-electron chi connectivity index (χ3n) is 3.43. The fourth-order valence-electron chi connectivity index (χ4n) is 2.31. The number of nitrogens with zero attached hydrogens (tertiary/aromatic N) is 3. The van der Waals surface area contributed by atoms with E-state index in [4.69, 9.17) is 11.6 Å². The Bertz CT molecular complexity index is 712. The molecule has 7 nitrogen and oxygen atoms in total. The number of aromatic nitrogens is 2. The second-order valence-electron chi connectivity index (χ2n) is 5.27. The lowest BCUT2D eigenvalue weighted by Crippen LogP contribution is -2.31. The minimum atomic E-state index is -1.29. The van der Waals surface area contributed by atoms with Crippen molar-refractivity contribution in [1.29, 1.82) is 0 Å². The SMILES string of the molecule is Cc1nn(C)c(NCC(C)(O)c2ccccc2Cl)c1[N+](=O)[O-]. The van der Waals surface area contributed by atoms with E-state index in [0.29, 0.717) is 16.3 Å². The first-order valence-corrected chi connectivity index (χ1v) is 7.01. The molecule has 0 saturated heterocycles. The van der Waals surface area contributed by atoms with Crippen molar-refractivity contribution < 1.29 is 10.0 Å². The van der Waals surface area contributed by atoms with E-state index in [0.717, 1.165) is 0 Å². The van der Waals surface area contributed by atoms with Gasteiger partial charge in [-0.1, -0.05) is 29.8 Å². The molecule has 2 N–H and O–H groups in total. The third kappa shape index (κ3) is 3.05. The Morgan fingerprint density at radius 3 is 2.73 bits per heavy atom. The summed E-state index contributed by atoms with van der Waals surface area (Å²) in [5.41, 5.74) is -0.528. The Hall–Kier alpha value is -2.12. The molecule has 2 aromatic rings. The highest BCUT2D eigenvalue weighted by molar-refractivity contribution is 6.31. The van der Waals surface area contributed by atoms with Gasteiger partial charge in [-0.15, -0.1) is 0 Å². The van der Waals surface area contributed by atoms with Gasteiger partial charge in [-0.2, -0.15) is 5.10 Å². The highest BCUT2D eigenvalue weighted by Crippen LogP contribution is 2.31. The van der Waals surface area contributed by atoms with Crippen LogP contribution in [0, 0.1) is 17.0 Å². The van der Waals surface area contributed by atoms with Crippen molar-refractivity contribution in [3.8, 4) is 0 Å². The fourth-order valence-corrected chi connectivity index (χ4v) is 2.65. The molecular weight excluding hydrogens is 308 g/mol. The first kappa shape index (κ1) is 16.3. The van der Waals surface area contributed by atoms with Crippen LogP contribution in [0.1, 0.15) is 18.2 Å². The molecule has 1 aromatic carbocycles. The lowest BCUT2D eigenvalue weighted by atomic mass is 9.96. The molecule has 0 aliphatic heterocycles. The van der Waals surface area contributed by atoms with Crippen LogP contribution in [0.15, 0.2) is 24.3 Å². The van der Waals surface area contributed by atoms with E-state index in [2.05, 4.69) is 10.4 Å². The van der Waals surface area contributed by atoms with Crippen LogP contribution in [0.5, 0.6) is 0 Å². The Labute approximate surface area is 132 Å². The summed E-state index contributed by atoms with van der Waals surface area (Å²) in [6.07, 6.45) is 0. The molecule has 0 amide bonds. The Morgan fingerprint density at radius 1 is 1.50 bits per heavy atom. The van der Waals surface area contributed by atoms with Gasteiger partial charge in [0.2, 0.25) is 5.82 Å². The maximum absolute atomic E-state index is 11.1. The molecule has 0 bridgehead atoms. The van der Waals surface area contributed by atoms with Gasteiger partial charge in [0.25, 0.3) is 0 Å². The highest BCUT2D eigenvalue weighted by atomic mass is 35.5. The highest BCUT2D eigenvalue weighted by Gasteiger charge is 2.29. The van der Waals surface area contributed by atoms with Crippen molar-refractivity contribution in [3.63, 3.8) is 0 Å². The van der Waals surface area contributed by atoms with Crippen molar-refractivity contribution in [2.45, 2.75) is 19.4 Å². The van der Waals surface area contributed by atoms with Crippen LogP contribution in [0.3, 0.4) is 0 Å². The molecule has 0 radical (unpaired) electrons. The zero-order valence-corrected chi connectivity index (χ0v) is 13.3. The largest absolute Gasteiger partial charge is 0.384 e. The summed E-state index contributed by atoms with van der Waals surface area (Å²) in [7, 11) is 1.60. The number of hydrogen-bond acceptors (Lipinski definition) is 5. The van der Waals surface area contributed by atoms with Crippen LogP contribution < -0.4 is 5.32 Å². The van der Waals surface area contributed by atoms with Crippen LogP contribution in [0.25, 0.3) is 0 Å². The standard InChI is InChI=1S/C14H17ClN4O3/c1-9-12(19(21)22)13(18(3)17-9)16-8-14(2,20)10-6-4-5-7-11(10)15/h4-7,16,20H,8H2,1-3H3. The quantitative estimate of drug-likeness (QED) is 0.651. The van der Waals surface area contributed by atoms with E-state index < -0.39 is 10.5 Å². The van der Waals surface area contributed by atoms with E-state index in [1.807, 2.05) is 0 Å². The van der Waals surface area contributed by atoms with Gasteiger partial charge in [0, 0.05) is 24.2 Å². The van der Waals surface area contributed by atoms with Crippen molar-refractivity contribution in [1.82, 2.24) is 9.78 Å². The zero-order valence-electron chi connectivity index (χ0n) is 12.5. The second kappa shape index (κ2) is 5.94. The average molecular weight is 325 g/mol. The van der Waals surface area contributed by atoms with Crippen LogP contribution in [0.2, 0.25) is 5.02 Å². The number of nitro groups is 1. The number of hydrogen-bond donors (Lipinski definition) is 2. The van der Waals surface area contributed by atoms with Crippen molar-refractivity contribution >= 4 is 23.1 Å². The Kier molecular flexibility index (Phi) is 4.39. The van der Waals surface area contributed by atoms with Gasteiger partial charge in [-0.3, -0.25) is 10.1 Å². The molecule has 0 spiro atoms. The first-order valence-electron chi connectivity index (χ1n) is 6.63. The second-order valence-corrected chi connectivity index (χ2v) is 5.68. The van der Waals surface area contributed by atoms with Crippen LogP contribution in [-0.4, -0.2) is 26.4 Å². The number of aliphatic hydroxyl groups is 1. The predicted octanol–water partition coefficient (Wildman–Crippen LogP) is 2.61. The number of nitrogens with one attached hydrogen (secondary N) is 1. The molecule has 1 unspecified atom stereocenters. The molecule has 0 aliphatic rings. The maximum Gasteiger partial charge on any atom is 0.333 e. The molecule has 118 valence electrons. The molecule has 22 heavy (non-hydrogen) atoms. The molecule has 0 aliphatic carbocycles. The van der Waals surface area contributed by atoms with Gasteiger partial charge in [0.15, 0.2) is 0 Å². The number of rotatable bonds is 5. The van der Waals surface area contributed by atoms with Gasteiger partial charge in [0.05, 0.1) is 4.92 Å². The van der Waals surface area contributed by atoms with E-state index in [1.54, 1.807) is 45.2 Å². The van der Waals surface area contributed by atoms with Gasteiger partial charge >= 0.3 is 5.69 Å². The van der Waals surface area contributed by atoms with Crippen LogP contribution >= 0.6 is 11.6 Å². The summed E-state index contributed by atoms with van der Waals surface area (Å²) >= 11 is 6.09. The van der Waals surface area contributed by atoms with Crippen molar-refractivity contribution in [2.75, 3.05) is 11.9 Å². The normalized spacial score (nSPS) is 13.7. The number of aryl methyl sites for hydroxylation is 2. The van der Waals surface area contributed by atoms with Gasteiger partial charge in [-0.05, 0) is 19.9 Å². The Balaban J connectivity index is 2.27. The Morgan fingerprint density at radius 2 is 2.14 bits per heavy atom. The van der Waals surface area contributed by atoms with E-state index in [-0.39, 0.29) is 18.1 Å². The minimum Gasteiger partial charge on any atom is -0.384 e. The summed E-state index contributed by atoms with van der Waals surface area (Å²) in [5, 5.41) is 29.1. The molecule has 0 saturated carbocycles. The number of halogens is 1. The number of benzene rings is 1. The summed E-state index contributed by atoms with van der Waals surface area (Å²) < 4.78 is 1.39. The minimum absolute atomic E-state index is 0.0521. The summed E-state index contributed by atoms with van der Waals surface area (Å²) in [5.74, 6) is 0.245. The molecule has 1 heterocycles. The van der Waals surface area contributed by atoms with Crippen LogP contribution in [-0.2, 0) is 12.6 Å². The smallest absolute Gasteiger partial charge is 0.333 e. The monoisotopic (exact) mass is 324 g/mol. The lowest BCUT2D eigenvalue weighted by molar-refractivity contribution is -0.384. The van der Waals surface area contributed by atoms with Crippen molar-refractivity contribution in [2.24, 2.45) is 7.05 Å². The lowest BCUT2D eigenvalue weighted by Gasteiger charge is -2.25. The maximum atomic E-state index is 11.1. The predicted molar refractivity (Wildman–Crippen MR) is 84.1 cm³/mol. The molecule has 8 heteroatoms. The molecular formula is C14H17ClN4O3. The molecule has 1 aromatic heterocycles. The summed E-state index contributed by atoms with van der Waals surface area (Å²) in [4.78, 5) is 10.6. The van der Waals surface area contributed by atoms with E-state index in [9.17, 15) is 15.2 Å². The van der Waals surface area contributed by atoms with E-state index in [1.165, 1.54) is 4.68 Å². The number of anilines is 1. The zero-order chi connectivity index (χ0) is 16.5. The van der Waals surface area contributed by atoms with Crippen molar-refractivity contribution in [3.05, 3.63) is 50.7 Å². The van der Waals surface area contributed by atoms with Gasteiger partial charge < -0.3 is 10.4 Å². The molecule has 0 fully saturated rings. The molecule has 1 atom stereocenters.